The molecular weight excluding hydrogens is 393 g/mol. The van der Waals surface area contributed by atoms with Crippen molar-refractivity contribution in [2.24, 2.45) is 7.05 Å². The minimum atomic E-state index is -0.342. The van der Waals surface area contributed by atoms with Crippen molar-refractivity contribution in [3.63, 3.8) is 0 Å². The second-order valence-corrected chi connectivity index (χ2v) is 8.05. The normalized spacial score (nSPS) is 16.5. The first kappa shape index (κ1) is 19.5. The van der Waals surface area contributed by atoms with Crippen LogP contribution in [0.2, 0.25) is 0 Å². The second kappa shape index (κ2) is 7.90. The number of carbonyl (C=O) groups is 1. The Hall–Kier alpha value is -2.81. The molecule has 3 heterocycles. The summed E-state index contributed by atoms with van der Waals surface area (Å²) in [5.41, 5.74) is 1.03. The number of fused-ring (bicyclic) bond motifs is 1. The minimum absolute atomic E-state index is 0.0961. The van der Waals surface area contributed by atoms with Gasteiger partial charge in [-0.2, -0.15) is 0 Å². The van der Waals surface area contributed by atoms with Crippen LogP contribution in [0, 0.1) is 5.82 Å². The van der Waals surface area contributed by atoms with Gasteiger partial charge in [0.1, 0.15) is 17.7 Å². The van der Waals surface area contributed by atoms with E-state index in [1.807, 2.05) is 11.8 Å². The van der Waals surface area contributed by atoms with Crippen LogP contribution in [-0.4, -0.2) is 33.0 Å². The standard InChI is InChI=1S/C20H22FN5O2S/c1-3-15-23-18-16(19(28)25(15)2)24-20(29-18)26-10-4-5-14(26)17(27)22-11-12-6-8-13(21)9-7-12/h6-9,14H,3-5,10-11H2,1-2H3,(H,22,27). The summed E-state index contributed by atoms with van der Waals surface area (Å²) in [5, 5.41) is 3.58. The zero-order valence-electron chi connectivity index (χ0n) is 16.3. The van der Waals surface area contributed by atoms with Gasteiger partial charge in [0.15, 0.2) is 15.5 Å². The van der Waals surface area contributed by atoms with Gasteiger partial charge in [0, 0.05) is 26.6 Å². The summed E-state index contributed by atoms with van der Waals surface area (Å²) in [5.74, 6) is 0.317. The molecule has 3 aromatic rings. The molecule has 1 fully saturated rings. The van der Waals surface area contributed by atoms with Crippen LogP contribution in [-0.2, 0) is 24.8 Å². The van der Waals surface area contributed by atoms with E-state index in [2.05, 4.69) is 15.3 Å². The monoisotopic (exact) mass is 415 g/mol. The first-order chi connectivity index (χ1) is 14.0. The molecule has 2 aromatic heterocycles. The lowest BCUT2D eigenvalue weighted by Crippen LogP contribution is -2.43. The molecule has 0 aliphatic carbocycles. The molecule has 0 saturated carbocycles. The molecule has 0 spiro atoms. The number of hydrogen-bond acceptors (Lipinski definition) is 6. The molecule has 1 atom stereocenters. The van der Waals surface area contributed by atoms with Crippen molar-refractivity contribution in [2.75, 3.05) is 11.4 Å². The Labute approximate surface area is 171 Å². The van der Waals surface area contributed by atoms with Crippen LogP contribution >= 0.6 is 11.3 Å². The topological polar surface area (TPSA) is 80.1 Å². The molecule has 0 radical (unpaired) electrons. The van der Waals surface area contributed by atoms with Gasteiger partial charge in [-0.15, -0.1) is 0 Å². The average Bonchev–Trinajstić information content (AvgIpc) is 3.37. The number of carbonyl (C=O) groups excluding carboxylic acids is 1. The number of halogens is 1. The smallest absolute Gasteiger partial charge is 0.280 e. The number of hydrogen-bond donors (Lipinski definition) is 1. The highest BCUT2D eigenvalue weighted by atomic mass is 32.1. The molecule has 9 heteroatoms. The molecule has 1 aliphatic heterocycles. The molecule has 1 unspecified atom stereocenters. The molecule has 1 saturated heterocycles. The Morgan fingerprint density at radius 3 is 2.79 bits per heavy atom. The van der Waals surface area contributed by atoms with Crippen molar-refractivity contribution in [2.45, 2.75) is 38.8 Å². The van der Waals surface area contributed by atoms with Gasteiger partial charge in [0.25, 0.3) is 5.56 Å². The Bertz CT molecular complexity index is 1110. The number of aryl methyl sites for hydroxylation is 1. The molecule has 1 aliphatic rings. The number of thiazole rings is 1. The van der Waals surface area contributed by atoms with Crippen LogP contribution in [0.4, 0.5) is 9.52 Å². The van der Waals surface area contributed by atoms with Gasteiger partial charge in [-0.25, -0.2) is 14.4 Å². The summed E-state index contributed by atoms with van der Waals surface area (Å²) in [6, 6.07) is 5.72. The molecule has 4 rings (SSSR count). The van der Waals surface area contributed by atoms with Crippen LogP contribution in [0.15, 0.2) is 29.1 Å². The fourth-order valence-corrected chi connectivity index (χ4v) is 4.63. The predicted molar refractivity (Wildman–Crippen MR) is 111 cm³/mol. The third-order valence-electron chi connectivity index (χ3n) is 5.22. The fraction of sp³-hybridized carbons (Fsp3) is 0.400. The van der Waals surface area contributed by atoms with Crippen molar-refractivity contribution < 1.29 is 9.18 Å². The number of anilines is 1. The van der Waals surface area contributed by atoms with E-state index in [9.17, 15) is 14.0 Å². The van der Waals surface area contributed by atoms with Crippen molar-refractivity contribution in [3.8, 4) is 0 Å². The van der Waals surface area contributed by atoms with Crippen LogP contribution < -0.4 is 15.8 Å². The Kier molecular flexibility index (Phi) is 5.31. The van der Waals surface area contributed by atoms with E-state index in [1.54, 1.807) is 19.2 Å². The van der Waals surface area contributed by atoms with Crippen molar-refractivity contribution in [3.05, 3.63) is 51.8 Å². The lowest BCUT2D eigenvalue weighted by atomic mass is 10.2. The van der Waals surface area contributed by atoms with Gasteiger partial charge in [-0.05, 0) is 30.5 Å². The number of rotatable bonds is 5. The van der Waals surface area contributed by atoms with E-state index >= 15 is 0 Å². The third-order valence-corrected chi connectivity index (χ3v) is 6.21. The number of nitrogens with zero attached hydrogens (tertiary/aromatic N) is 4. The Morgan fingerprint density at radius 1 is 1.31 bits per heavy atom. The SMILES string of the molecule is CCc1nc2sc(N3CCCC3C(=O)NCc3ccc(F)cc3)nc2c(=O)n1C. The highest BCUT2D eigenvalue weighted by Crippen LogP contribution is 2.31. The summed E-state index contributed by atoms with van der Waals surface area (Å²) in [4.78, 5) is 37.0. The van der Waals surface area contributed by atoms with Gasteiger partial charge in [0.05, 0.1) is 0 Å². The van der Waals surface area contributed by atoms with E-state index in [-0.39, 0.29) is 23.3 Å². The van der Waals surface area contributed by atoms with Gasteiger partial charge < -0.3 is 10.2 Å². The van der Waals surface area contributed by atoms with Gasteiger partial charge in [-0.3, -0.25) is 14.2 Å². The molecule has 152 valence electrons. The predicted octanol–water partition coefficient (Wildman–Crippen LogP) is 2.38. The van der Waals surface area contributed by atoms with E-state index in [0.717, 1.165) is 18.4 Å². The maximum Gasteiger partial charge on any atom is 0.280 e. The van der Waals surface area contributed by atoms with Gasteiger partial charge >= 0.3 is 0 Å². The van der Waals surface area contributed by atoms with Crippen LogP contribution in [0.3, 0.4) is 0 Å². The summed E-state index contributed by atoms with van der Waals surface area (Å²) in [6.45, 7) is 3.00. The van der Waals surface area contributed by atoms with Crippen LogP contribution in [0.5, 0.6) is 0 Å². The maximum absolute atomic E-state index is 13.0. The van der Waals surface area contributed by atoms with Crippen molar-refractivity contribution >= 4 is 32.7 Å². The number of benzene rings is 1. The molecule has 1 N–H and O–H groups in total. The Morgan fingerprint density at radius 2 is 2.07 bits per heavy atom. The van der Waals surface area contributed by atoms with Crippen LogP contribution in [0.1, 0.15) is 31.2 Å². The summed E-state index contributed by atoms with van der Waals surface area (Å²) >= 11 is 1.35. The molecular formula is C20H22FN5O2S. The molecule has 7 nitrogen and oxygen atoms in total. The number of aromatic nitrogens is 3. The van der Waals surface area contributed by atoms with Crippen molar-refractivity contribution in [1.29, 1.82) is 0 Å². The number of nitrogens with one attached hydrogen (secondary N) is 1. The molecule has 1 amide bonds. The zero-order valence-corrected chi connectivity index (χ0v) is 17.1. The largest absolute Gasteiger partial charge is 0.350 e. The van der Waals surface area contributed by atoms with E-state index < -0.39 is 0 Å². The van der Waals surface area contributed by atoms with E-state index in [1.165, 1.54) is 28.0 Å². The molecule has 29 heavy (non-hydrogen) atoms. The maximum atomic E-state index is 13.0. The first-order valence-corrected chi connectivity index (χ1v) is 10.4. The molecule has 0 bridgehead atoms. The van der Waals surface area contributed by atoms with Gasteiger partial charge in [0.2, 0.25) is 5.91 Å². The number of amides is 1. The lowest BCUT2D eigenvalue weighted by Gasteiger charge is -2.23. The second-order valence-electron chi connectivity index (χ2n) is 7.09. The highest BCUT2D eigenvalue weighted by Gasteiger charge is 2.33. The quantitative estimate of drug-likeness (QED) is 0.692. The average molecular weight is 415 g/mol. The molecule has 1 aromatic carbocycles. The summed E-state index contributed by atoms with van der Waals surface area (Å²) in [6.07, 6.45) is 2.25. The summed E-state index contributed by atoms with van der Waals surface area (Å²) in [7, 11) is 1.70. The zero-order chi connectivity index (χ0) is 20.5. The minimum Gasteiger partial charge on any atom is -0.350 e. The highest BCUT2D eigenvalue weighted by molar-refractivity contribution is 7.21. The summed E-state index contributed by atoms with van der Waals surface area (Å²) < 4.78 is 14.6. The Balaban J connectivity index is 1.54. The fourth-order valence-electron chi connectivity index (χ4n) is 3.60. The van der Waals surface area contributed by atoms with Gasteiger partial charge in [-0.1, -0.05) is 30.4 Å². The lowest BCUT2D eigenvalue weighted by molar-refractivity contribution is -0.122. The van der Waals surface area contributed by atoms with E-state index in [0.29, 0.717) is 40.8 Å². The third kappa shape index (κ3) is 3.74. The van der Waals surface area contributed by atoms with Crippen LogP contribution in [0.25, 0.3) is 10.3 Å². The first-order valence-electron chi connectivity index (χ1n) is 9.63. The van der Waals surface area contributed by atoms with Crippen molar-refractivity contribution in [1.82, 2.24) is 19.9 Å². The van der Waals surface area contributed by atoms with E-state index in [4.69, 9.17) is 0 Å².